The van der Waals surface area contributed by atoms with Crippen LogP contribution in [0.5, 0.6) is 0 Å². The summed E-state index contributed by atoms with van der Waals surface area (Å²) in [5, 5.41) is 3.66. The molecule has 2 aliphatic carbocycles. The molecule has 0 aromatic rings. The van der Waals surface area contributed by atoms with E-state index < -0.39 is 5.54 Å². The Labute approximate surface area is 128 Å². The molecule has 0 radical (unpaired) electrons. The third-order valence-corrected chi connectivity index (χ3v) is 5.25. The van der Waals surface area contributed by atoms with Crippen molar-refractivity contribution >= 4 is 5.97 Å². The quantitative estimate of drug-likeness (QED) is 0.701. The van der Waals surface area contributed by atoms with Gasteiger partial charge in [-0.15, -0.1) is 0 Å². The van der Waals surface area contributed by atoms with Gasteiger partial charge in [0.15, 0.2) is 0 Å². The summed E-state index contributed by atoms with van der Waals surface area (Å²) in [5.41, 5.74) is -0.454. The highest BCUT2D eigenvalue weighted by Crippen LogP contribution is 2.43. The molecular weight excluding hydrogens is 266 g/mol. The summed E-state index contributed by atoms with van der Waals surface area (Å²) in [6.07, 6.45) is 4.72. The van der Waals surface area contributed by atoms with Gasteiger partial charge in [0, 0.05) is 38.8 Å². The summed E-state index contributed by atoms with van der Waals surface area (Å²) in [6.45, 7) is 8.51. The number of hydrogen-bond acceptors (Lipinski definition) is 5. The van der Waals surface area contributed by atoms with Crippen molar-refractivity contribution in [1.29, 1.82) is 0 Å². The molecule has 5 heteroatoms. The van der Waals surface area contributed by atoms with Crippen molar-refractivity contribution in [3.63, 3.8) is 0 Å². The first-order chi connectivity index (χ1) is 10.2. The van der Waals surface area contributed by atoms with Crippen LogP contribution in [0.1, 0.15) is 32.6 Å². The third-order valence-electron chi connectivity index (χ3n) is 5.25. The number of hydrogen-bond donors (Lipinski definition) is 1. The first-order valence-corrected chi connectivity index (χ1v) is 8.48. The van der Waals surface area contributed by atoms with Crippen LogP contribution in [0.25, 0.3) is 0 Å². The number of nitrogens with zero attached hydrogens (tertiary/aromatic N) is 2. The lowest BCUT2D eigenvalue weighted by atomic mass is 9.91. The van der Waals surface area contributed by atoms with Crippen molar-refractivity contribution in [3.05, 3.63) is 0 Å². The first kappa shape index (κ1) is 15.3. The molecule has 5 nitrogen and oxygen atoms in total. The van der Waals surface area contributed by atoms with Gasteiger partial charge in [-0.05, 0) is 38.1 Å². The Morgan fingerprint density at radius 2 is 1.76 bits per heavy atom. The molecule has 0 spiro atoms. The van der Waals surface area contributed by atoms with Gasteiger partial charge in [0.25, 0.3) is 0 Å². The molecule has 3 rings (SSSR count). The Hall–Kier alpha value is -0.650. The molecule has 1 aliphatic heterocycles. The van der Waals surface area contributed by atoms with Gasteiger partial charge in [0.1, 0.15) is 5.54 Å². The van der Waals surface area contributed by atoms with Gasteiger partial charge in [0.2, 0.25) is 0 Å². The summed E-state index contributed by atoms with van der Waals surface area (Å²) in [7, 11) is 1.53. The van der Waals surface area contributed by atoms with Crippen LogP contribution in [0.3, 0.4) is 0 Å². The van der Waals surface area contributed by atoms with Crippen molar-refractivity contribution in [2.45, 2.75) is 44.2 Å². The second-order valence-electron chi connectivity index (χ2n) is 6.87. The topological polar surface area (TPSA) is 44.8 Å². The lowest BCUT2D eigenvalue weighted by molar-refractivity contribution is -0.151. The second kappa shape index (κ2) is 6.23. The van der Waals surface area contributed by atoms with E-state index >= 15 is 0 Å². The minimum Gasteiger partial charge on any atom is -0.468 e. The highest BCUT2D eigenvalue weighted by molar-refractivity contribution is 5.82. The van der Waals surface area contributed by atoms with E-state index in [1.165, 1.54) is 20.0 Å². The van der Waals surface area contributed by atoms with Gasteiger partial charge in [0.05, 0.1) is 7.11 Å². The fourth-order valence-corrected chi connectivity index (χ4v) is 3.55. The predicted octanol–water partition coefficient (Wildman–Crippen LogP) is 0.698. The van der Waals surface area contributed by atoms with Crippen LogP contribution in [-0.2, 0) is 9.53 Å². The van der Waals surface area contributed by atoms with Crippen LogP contribution in [0.15, 0.2) is 0 Å². The minimum absolute atomic E-state index is 0.0465. The summed E-state index contributed by atoms with van der Waals surface area (Å²) in [6, 6.07) is 0.529. The lowest BCUT2D eigenvalue weighted by Crippen LogP contribution is -2.63. The molecule has 2 saturated carbocycles. The molecule has 21 heavy (non-hydrogen) atoms. The Balaban J connectivity index is 1.67. The fourth-order valence-electron chi connectivity index (χ4n) is 3.55. The maximum absolute atomic E-state index is 12.6. The van der Waals surface area contributed by atoms with Gasteiger partial charge < -0.3 is 9.64 Å². The zero-order valence-corrected chi connectivity index (χ0v) is 13.4. The number of likely N-dealkylation sites (N-methyl/N-ethyl adjacent to an activating group) is 1. The second-order valence-corrected chi connectivity index (χ2v) is 6.87. The van der Waals surface area contributed by atoms with Crippen molar-refractivity contribution in [2.75, 3.05) is 46.4 Å². The number of methoxy groups -OCH3 is 1. The van der Waals surface area contributed by atoms with Crippen molar-refractivity contribution in [2.24, 2.45) is 5.92 Å². The van der Waals surface area contributed by atoms with E-state index in [0.717, 1.165) is 52.1 Å². The van der Waals surface area contributed by atoms with Gasteiger partial charge >= 0.3 is 5.97 Å². The Morgan fingerprint density at radius 1 is 1.14 bits per heavy atom. The zero-order chi connectivity index (χ0) is 14.9. The van der Waals surface area contributed by atoms with Gasteiger partial charge in [-0.2, -0.15) is 0 Å². The molecule has 0 aromatic carbocycles. The molecule has 1 heterocycles. The van der Waals surface area contributed by atoms with Crippen LogP contribution >= 0.6 is 0 Å². The van der Waals surface area contributed by atoms with Crippen molar-refractivity contribution in [3.8, 4) is 0 Å². The molecule has 1 saturated heterocycles. The smallest absolute Gasteiger partial charge is 0.327 e. The standard InChI is InChI=1S/C16H29N3O2/c1-3-18-8-10-19(11-9-18)12-16(13-4-5-13,15(20)21-2)17-14-6-7-14/h13-14,17H,3-12H2,1-2H3. The number of carbonyl (C=O) groups excluding carboxylic acids is 1. The normalized spacial score (nSPS) is 27.3. The van der Waals surface area contributed by atoms with Crippen molar-refractivity contribution < 1.29 is 9.53 Å². The maximum Gasteiger partial charge on any atom is 0.327 e. The number of esters is 1. The molecule has 1 unspecified atom stereocenters. The van der Waals surface area contributed by atoms with E-state index in [4.69, 9.17) is 4.74 Å². The molecular formula is C16H29N3O2. The molecule has 120 valence electrons. The van der Waals surface area contributed by atoms with E-state index in [9.17, 15) is 4.79 Å². The molecule has 1 atom stereocenters. The zero-order valence-electron chi connectivity index (χ0n) is 13.4. The molecule has 0 amide bonds. The number of piperazine rings is 1. The largest absolute Gasteiger partial charge is 0.468 e. The van der Waals surface area contributed by atoms with E-state index in [1.54, 1.807) is 0 Å². The number of rotatable bonds is 7. The number of carbonyl (C=O) groups is 1. The molecule has 1 N–H and O–H groups in total. The summed E-state index contributed by atoms with van der Waals surface area (Å²) in [5.74, 6) is 0.421. The van der Waals surface area contributed by atoms with Gasteiger partial charge in [-0.3, -0.25) is 10.2 Å². The molecule has 0 aromatic heterocycles. The Morgan fingerprint density at radius 3 is 2.24 bits per heavy atom. The van der Waals surface area contributed by atoms with Crippen LogP contribution in [0.2, 0.25) is 0 Å². The third kappa shape index (κ3) is 3.41. The average Bonchev–Trinajstić information content (AvgIpc) is 3.39. The highest BCUT2D eigenvalue weighted by atomic mass is 16.5. The SMILES string of the molecule is CCN1CCN(CC(NC2CC2)(C(=O)OC)C2CC2)CC1. The molecule has 3 aliphatic rings. The van der Waals surface area contributed by atoms with Crippen molar-refractivity contribution in [1.82, 2.24) is 15.1 Å². The van der Waals surface area contributed by atoms with E-state index in [-0.39, 0.29) is 5.97 Å². The Bertz CT molecular complexity index is 374. The van der Waals surface area contributed by atoms with Crippen LogP contribution < -0.4 is 5.32 Å². The predicted molar refractivity (Wildman–Crippen MR) is 82.2 cm³/mol. The summed E-state index contributed by atoms with van der Waals surface area (Å²) < 4.78 is 5.19. The number of ether oxygens (including phenoxy) is 1. The van der Waals surface area contributed by atoms with Crippen LogP contribution in [-0.4, -0.2) is 73.7 Å². The molecule has 0 bridgehead atoms. The average molecular weight is 295 g/mol. The maximum atomic E-state index is 12.6. The van der Waals surface area contributed by atoms with E-state index in [1.807, 2.05) is 0 Å². The summed E-state index contributed by atoms with van der Waals surface area (Å²) in [4.78, 5) is 17.5. The van der Waals surface area contributed by atoms with E-state index in [0.29, 0.717) is 12.0 Å². The van der Waals surface area contributed by atoms with Crippen LogP contribution in [0.4, 0.5) is 0 Å². The first-order valence-electron chi connectivity index (χ1n) is 8.48. The van der Waals surface area contributed by atoms with Gasteiger partial charge in [-0.25, -0.2) is 4.79 Å². The van der Waals surface area contributed by atoms with E-state index in [2.05, 4.69) is 22.0 Å². The van der Waals surface area contributed by atoms with Gasteiger partial charge in [-0.1, -0.05) is 6.92 Å². The summed E-state index contributed by atoms with van der Waals surface area (Å²) >= 11 is 0. The fraction of sp³-hybridized carbons (Fsp3) is 0.938. The molecule has 3 fully saturated rings. The van der Waals surface area contributed by atoms with Crippen LogP contribution in [0, 0.1) is 5.92 Å². The highest BCUT2D eigenvalue weighted by Gasteiger charge is 2.54. The minimum atomic E-state index is -0.454. The lowest BCUT2D eigenvalue weighted by Gasteiger charge is -2.41. The Kier molecular flexibility index (Phi) is 4.52. The number of nitrogens with one attached hydrogen (secondary N) is 1. The monoisotopic (exact) mass is 295 g/mol.